The van der Waals surface area contributed by atoms with Gasteiger partial charge in [-0.05, 0) is 56.6 Å². The lowest BCUT2D eigenvalue weighted by Gasteiger charge is -2.39. The summed E-state index contributed by atoms with van der Waals surface area (Å²) in [6.45, 7) is 3.24. The van der Waals surface area contributed by atoms with Crippen molar-refractivity contribution in [3.8, 4) is 0 Å². The Morgan fingerprint density at radius 2 is 1.78 bits per heavy atom. The molecular weight excluding hydrogens is 222 g/mol. The van der Waals surface area contributed by atoms with E-state index in [0.717, 1.165) is 31.2 Å². The van der Waals surface area contributed by atoms with Crippen LogP contribution in [-0.2, 0) is 0 Å². The summed E-state index contributed by atoms with van der Waals surface area (Å²) in [5.41, 5.74) is 2.84. The molecule has 0 heterocycles. The fraction of sp³-hybridized carbons (Fsp3) is 0.625. The Kier molecular flexibility index (Phi) is 3.40. The summed E-state index contributed by atoms with van der Waals surface area (Å²) in [6, 6.07) is 9.68. The maximum Gasteiger partial charge on any atom is 0.0546 e. The topological polar surface area (TPSA) is 32.3 Å². The van der Waals surface area contributed by atoms with Crippen molar-refractivity contribution in [1.29, 1.82) is 0 Å². The van der Waals surface area contributed by atoms with Crippen molar-refractivity contribution in [2.75, 3.05) is 6.54 Å². The Morgan fingerprint density at radius 1 is 1.11 bits per heavy atom. The summed E-state index contributed by atoms with van der Waals surface area (Å²) < 4.78 is 0. The molecule has 2 aliphatic carbocycles. The Morgan fingerprint density at radius 3 is 2.39 bits per heavy atom. The van der Waals surface area contributed by atoms with Crippen molar-refractivity contribution < 1.29 is 5.11 Å². The molecule has 2 nitrogen and oxygen atoms in total. The van der Waals surface area contributed by atoms with E-state index in [1.807, 2.05) is 0 Å². The first-order chi connectivity index (χ1) is 8.70. The highest BCUT2D eigenvalue weighted by Crippen LogP contribution is 2.37. The van der Waals surface area contributed by atoms with Gasteiger partial charge in [-0.15, -0.1) is 0 Å². The Balaban J connectivity index is 1.39. The fourth-order valence-electron chi connectivity index (χ4n) is 3.10. The highest BCUT2D eigenvalue weighted by molar-refractivity contribution is 5.26. The molecule has 0 spiro atoms. The van der Waals surface area contributed by atoms with Crippen LogP contribution in [0.1, 0.15) is 42.7 Å². The van der Waals surface area contributed by atoms with Crippen LogP contribution < -0.4 is 5.32 Å². The van der Waals surface area contributed by atoms with E-state index < -0.39 is 0 Å². The van der Waals surface area contributed by atoms with Gasteiger partial charge in [-0.25, -0.2) is 0 Å². The zero-order chi connectivity index (χ0) is 12.5. The van der Waals surface area contributed by atoms with Crippen LogP contribution in [0.15, 0.2) is 24.3 Å². The monoisotopic (exact) mass is 245 g/mol. The summed E-state index contributed by atoms with van der Waals surface area (Å²) in [5.74, 6) is 1.48. The zero-order valence-electron chi connectivity index (χ0n) is 11.1. The molecule has 0 unspecified atom stereocenters. The van der Waals surface area contributed by atoms with E-state index in [1.165, 1.54) is 24.0 Å². The molecule has 2 fully saturated rings. The zero-order valence-corrected chi connectivity index (χ0v) is 11.1. The molecule has 98 valence electrons. The van der Waals surface area contributed by atoms with E-state index in [2.05, 4.69) is 36.5 Å². The predicted molar refractivity (Wildman–Crippen MR) is 73.7 cm³/mol. The number of hydrogen-bond acceptors (Lipinski definition) is 2. The molecule has 0 saturated heterocycles. The number of aryl methyl sites for hydroxylation is 1. The van der Waals surface area contributed by atoms with Crippen LogP contribution in [0, 0.1) is 12.8 Å². The molecule has 2 saturated carbocycles. The van der Waals surface area contributed by atoms with Crippen LogP contribution in [0.3, 0.4) is 0 Å². The maximum atomic E-state index is 9.24. The van der Waals surface area contributed by atoms with Crippen LogP contribution in [-0.4, -0.2) is 23.8 Å². The third-order valence-corrected chi connectivity index (χ3v) is 4.59. The van der Waals surface area contributed by atoms with Gasteiger partial charge >= 0.3 is 0 Å². The van der Waals surface area contributed by atoms with Crippen LogP contribution in [0.25, 0.3) is 0 Å². The smallest absolute Gasteiger partial charge is 0.0546 e. The maximum absolute atomic E-state index is 9.24. The van der Waals surface area contributed by atoms with Gasteiger partial charge in [0.25, 0.3) is 0 Å². The minimum Gasteiger partial charge on any atom is -0.393 e. The molecule has 0 aliphatic heterocycles. The average Bonchev–Trinajstić information content (AvgIpc) is 2.26. The average molecular weight is 245 g/mol. The normalized spacial score (nSPS) is 34.8. The first kappa shape index (κ1) is 12.2. The van der Waals surface area contributed by atoms with Gasteiger partial charge in [0.2, 0.25) is 0 Å². The van der Waals surface area contributed by atoms with Crippen molar-refractivity contribution in [3.05, 3.63) is 35.4 Å². The molecule has 0 amide bonds. The number of aliphatic hydroxyl groups is 1. The van der Waals surface area contributed by atoms with Gasteiger partial charge in [-0.1, -0.05) is 29.8 Å². The van der Waals surface area contributed by atoms with E-state index in [-0.39, 0.29) is 6.10 Å². The van der Waals surface area contributed by atoms with Gasteiger partial charge in [-0.3, -0.25) is 0 Å². The van der Waals surface area contributed by atoms with Crippen LogP contribution >= 0.6 is 0 Å². The van der Waals surface area contributed by atoms with Gasteiger partial charge in [0.15, 0.2) is 0 Å². The number of rotatable bonds is 4. The van der Waals surface area contributed by atoms with Crippen molar-refractivity contribution in [3.63, 3.8) is 0 Å². The Labute approximate surface area is 109 Å². The van der Waals surface area contributed by atoms with E-state index in [9.17, 15) is 5.11 Å². The molecule has 2 heteroatoms. The second kappa shape index (κ2) is 5.02. The number of benzene rings is 1. The quantitative estimate of drug-likeness (QED) is 0.854. The first-order valence-electron chi connectivity index (χ1n) is 7.18. The highest BCUT2D eigenvalue weighted by Gasteiger charge is 2.32. The third-order valence-electron chi connectivity index (χ3n) is 4.59. The third kappa shape index (κ3) is 2.60. The molecule has 0 aromatic heterocycles. The van der Waals surface area contributed by atoms with Crippen LogP contribution in [0.5, 0.6) is 0 Å². The van der Waals surface area contributed by atoms with Crippen molar-refractivity contribution >= 4 is 0 Å². The Hall–Kier alpha value is -0.860. The second-order valence-electron chi connectivity index (χ2n) is 6.18. The van der Waals surface area contributed by atoms with Crippen molar-refractivity contribution in [2.24, 2.45) is 5.92 Å². The van der Waals surface area contributed by atoms with E-state index in [0.29, 0.717) is 6.04 Å². The summed E-state index contributed by atoms with van der Waals surface area (Å²) >= 11 is 0. The SMILES string of the molecule is Cc1ccc(C2CC(NCC3CC(O)C3)C2)cc1. The molecule has 0 bridgehead atoms. The Bertz CT molecular complexity index is 388. The summed E-state index contributed by atoms with van der Waals surface area (Å²) in [6.07, 6.45) is 4.54. The number of nitrogens with one attached hydrogen (secondary N) is 1. The molecule has 0 atom stereocenters. The molecule has 18 heavy (non-hydrogen) atoms. The fourth-order valence-corrected chi connectivity index (χ4v) is 3.10. The van der Waals surface area contributed by atoms with Crippen LogP contribution in [0.4, 0.5) is 0 Å². The van der Waals surface area contributed by atoms with E-state index in [4.69, 9.17) is 0 Å². The molecule has 1 aromatic carbocycles. The summed E-state index contributed by atoms with van der Waals surface area (Å²) in [7, 11) is 0. The van der Waals surface area contributed by atoms with Crippen LogP contribution in [0.2, 0.25) is 0 Å². The van der Waals surface area contributed by atoms with Crippen molar-refractivity contribution in [2.45, 2.75) is 50.7 Å². The molecular formula is C16H23NO. The van der Waals surface area contributed by atoms with Crippen molar-refractivity contribution in [1.82, 2.24) is 5.32 Å². The molecule has 1 aromatic rings. The van der Waals surface area contributed by atoms with Gasteiger partial charge in [0.05, 0.1) is 6.10 Å². The lowest BCUT2D eigenvalue weighted by atomic mass is 9.75. The molecule has 2 N–H and O–H groups in total. The minimum absolute atomic E-state index is 0.0153. The highest BCUT2D eigenvalue weighted by atomic mass is 16.3. The van der Waals surface area contributed by atoms with E-state index >= 15 is 0 Å². The van der Waals surface area contributed by atoms with E-state index in [1.54, 1.807) is 0 Å². The number of aliphatic hydroxyl groups excluding tert-OH is 1. The molecule has 2 aliphatic rings. The standard InChI is InChI=1S/C16H23NO/c1-11-2-4-13(5-3-11)14-8-15(9-14)17-10-12-6-16(18)7-12/h2-5,12,14-18H,6-10H2,1H3. The second-order valence-corrected chi connectivity index (χ2v) is 6.18. The van der Waals surface area contributed by atoms with Gasteiger partial charge in [0, 0.05) is 6.04 Å². The van der Waals surface area contributed by atoms with Gasteiger partial charge in [0.1, 0.15) is 0 Å². The lowest BCUT2D eigenvalue weighted by molar-refractivity contribution is 0.0400. The largest absolute Gasteiger partial charge is 0.393 e. The van der Waals surface area contributed by atoms with Gasteiger partial charge in [-0.2, -0.15) is 0 Å². The predicted octanol–water partition coefficient (Wildman–Crippen LogP) is 2.60. The lowest BCUT2D eigenvalue weighted by Crippen LogP contribution is -2.45. The minimum atomic E-state index is -0.0153. The summed E-state index contributed by atoms with van der Waals surface area (Å²) in [5, 5.41) is 12.9. The molecule has 3 rings (SSSR count). The molecule has 0 radical (unpaired) electrons. The summed E-state index contributed by atoms with van der Waals surface area (Å²) in [4.78, 5) is 0. The number of hydrogen-bond donors (Lipinski definition) is 2. The first-order valence-corrected chi connectivity index (χ1v) is 7.18. The van der Waals surface area contributed by atoms with Gasteiger partial charge < -0.3 is 10.4 Å².